The molecule has 0 spiro atoms. The number of aliphatic hydroxyl groups is 1. The third-order valence-electron chi connectivity index (χ3n) is 4.28. The van der Waals surface area contributed by atoms with Gasteiger partial charge in [0.2, 0.25) is 0 Å². The number of aliphatic hydroxyl groups excluding tert-OH is 1. The van der Waals surface area contributed by atoms with Crippen molar-refractivity contribution in [3.8, 4) is 11.8 Å². The van der Waals surface area contributed by atoms with Crippen LogP contribution in [0.4, 0.5) is 0 Å². The maximum Gasteiger partial charge on any atom is 0.262 e. The van der Waals surface area contributed by atoms with Crippen molar-refractivity contribution < 1.29 is 9.90 Å². The van der Waals surface area contributed by atoms with E-state index in [1.807, 2.05) is 11.4 Å². The maximum atomic E-state index is 12.3. The Morgan fingerprint density at radius 2 is 2.10 bits per heavy atom. The first kappa shape index (κ1) is 14.6. The van der Waals surface area contributed by atoms with E-state index in [0.29, 0.717) is 17.2 Å². The second-order valence-corrected chi connectivity index (χ2v) is 6.90. The minimum absolute atomic E-state index is 0.00426. The van der Waals surface area contributed by atoms with Crippen molar-refractivity contribution in [3.05, 3.63) is 21.9 Å². The molecule has 0 aromatic carbocycles. The van der Waals surface area contributed by atoms with Crippen LogP contribution >= 0.6 is 11.3 Å². The molecular formula is C17H21NO2S. The normalized spacial score (nSPS) is 17.4. The first-order valence-corrected chi connectivity index (χ1v) is 8.63. The molecule has 1 amide bonds. The van der Waals surface area contributed by atoms with E-state index in [2.05, 4.69) is 17.2 Å². The Bertz CT molecular complexity index is 549. The van der Waals surface area contributed by atoms with Crippen LogP contribution in [-0.4, -0.2) is 24.2 Å². The molecule has 0 bridgehead atoms. The molecule has 2 saturated carbocycles. The van der Waals surface area contributed by atoms with Crippen LogP contribution in [0.2, 0.25) is 0 Å². The first-order chi connectivity index (χ1) is 10.3. The highest BCUT2D eigenvalue weighted by Gasteiger charge is 2.41. The van der Waals surface area contributed by atoms with Crippen molar-refractivity contribution >= 4 is 17.2 Å². The molecule has 0 saturated heterocycles. The van der Waals surface area contributed by atoms with E-state index in [-0.39, 0.29) is 12.5 Å². The van der Waals surface area contributed by atoms with Crippen LogP contribution < -0.4 is 5.32 Å². The number of carbonyl (C=O) groups excluding carboxylic acids is 1. The van der Waals surface area contributed by atoms with Crippen molar-refractivity contribution in [3.63, 3.8) is 0 Å². The Kier molecular flexibility index (Phi) is 4.62. The van der Waals surface area contributed by atoms with E-state index in [1.54, 1.807) is 0 Å². The zero-order chi connectivity index (χ0) is 14.7. The Morgan fingerprint density at radius 1 is 1.38 bits per heavy atom. The predicted octanol–water partition coefficient (Wildman–Crippen LogP) is 2.65. The fourth-order valence-electron chi connectivity index (χ4n) is 2.85. The molecule has 0 radical (unpaired) electrons. The average molecular weight is 303 g/mol. The number of amides is 1. The lowest BCUT2D eigenvalue weighted by molar-refractivity contribution is 0.0947. The van der Waals surface area contributed by atoms with Gasteiger partial charge in [-0.25, -0.2) is 0 Å². The van der Waals surface area contributed by atoms with Crippen molar-refractivity contribution in [1.29, 1.82) is 0 Å². The minimum atomic E-state index is 0.00426. The molecule has 1 aromatic heterocycles. The molecule has 2 aliphatic carbocycles. The van der Waals surface area contributed by atoms with Gasteiger partial charge in [-0.3, -0.25) is 4.79 Å². The minimum Gasteiger partial charge on any atom is -0.395 e. The van der Waals surface area contributed by atoms with Crippen molar-refractivity contribution in [2.24, 2.45) is 17.8 Å². The van der Waals surface area contributed by atoms with Gasteiger partial charge >= 0.3 is 0 Å². The fraction of sp³-hybridized carbons (Fsp3) is 0.588. The van der Waals surface area contributed by atoms with Crippen LogP contribution in [0.1, 0.15) is 47.3 Å². The molecule has 2 N–H and O–H groups in total. The predicted molar refractivity (Wildman–Crippen MR) is 84.2 cm³/mol. The topological polar surface area (TPSA) is 49.3 Å². The van der Waals surface area contributed by atoms with Gasteiger partial charge < -0.3 is 10.4 Å². The van der Waals surface area contributed by atoms with Crippen molar-refractivity contribution in [2.75, 3.05) is 13.2 Å². The van der Waals surface area contributed by atoms with Crippen LogP contribution in [0.3, 0.4) is 0 Å². The van der Waals surface area contributed by atoms with Gasteiger partial charge in [-0.2, -0.15) is 0 Å². The second-order valence-electron chi connectivity index (χ2n) is 5.99. The third-order valence-corrected chi connectivity index (χ3v) is 5.20. The number of hydrogen-bond donors (Lipinski definition) is 2. The molecule has 112 valence electrons. The quantitative estimate of drug-likeness (QED) is 0.794. The summed E-state index contributed by atoms with van der Waals surface area (Å²) < 4.78 is 0. The smallest absolute Gasteiger partial charge is 0.262 e. The molecule has 21 heavy (non-hydrogen) atoms. The maximum absolute atomic E-state index is 12.3. The van der Waals surface area contributed by atoms with Crippen molar-refractivity contribution in [2.45, 2.75) is 32.1 Å². The monoisotopic (exact) mass is 303 g/mol. The summed E-state index contributed by atoms with van der Waals surface area (Å²) >= 11 is 1.44. The number of nitrogens with one attached hydrogen (secondary N) is 1. The highest BCUT2D eigenvalue weighted by molar-refractivity contribution is 7.12. The molecular weight excluding hydrogens is 282 g/mol. The first-order valence-electron chi connectivity index (χ1n) is 7.75. The summed E-state index contributed by atoms with van der Waals surface area (Å²) in [5.41, 5.74) is 0.778. The average Bonchev–Trinajstić information content (AvgIpc) is 3.40. The lowest BCUT2D eigenvalue weighted by Gasteiger charge is -2.15. The van der Waals surface area contributed by atoms with Gasteiger partial charge in [-0.05, 0) is 54.9 Å². The fourth-order valence-corrected chi connectivity index (χ4v) is 3.62. The van der Waals surface area contributed by atoms with Crippen LogP contribution in [-0.2, 0) is 0 Å². The molecule has 2 aliphatic rings. The summed E-state index contributed by atoms with van der Waals surface area (Å²) in [6.45, 7) is 0.874. The molecule has 0 aliphatic heterocycles. The summed E-state index contributed by atoms with van der Waals surface area (Å²) in [7, 11) is 0. The van der Waals surface area contributed by atoms with Crippen molar-refractivity contribution in [1.82, 2.24) is 5.32 Å². The largest absolute Gasteiger partial charge is 0.395 e. The number of rotatable bonds is 6. The lowest BCUT2D eigenvalue weighted by atomic mass is 9.98. The number of hydrogen-bond acceptors (Lipinski definition) is 3. The number of carbonyl (C=O) groups is 1. The van der Waals surface area contributed by atoms with E-state index in [0.717, 1.165) is 23.9 Å². The van der Waals surface area contributed by atoms with E-state index in [9.17, 15) is 4.79 Å². The third kappa shape index (κ3) is 3.87. The van der Waals surface area contributed by atoms with Gasteiger partial charge in [0.25, 0.3) is 5.91 Å². The molecule has 3 rings (SSSR count). The van der Waals surface area contributed by atoms with E-state index < -0.39 is 0 Å². The van der Waals surface area contributed by atoms with Gasteiger partial charge in [0.1, 0.15) is 4.88 Å². The molecule has 1 heterocycles. The number of thiophene rings is 1. The van der Waals surface area contributed by atoms with Gasteiger partial charge in [-0.1, -0.05) is 11.8 Å². The highest BCUT2D eigenvalue weighted by Crippen LogP contribution is 2.48. The van der Waals surface area contributed by atoms with Gasteiger partial charge in [-0.15, -0.1) is 11.3 Å². The van der Waals surface area contributed by atoms with Gasteiger partial charge in [0.15, 0.2) is 0 Å². The molecule has 0 atom stereocenters. The standard InChI is InChI=1S/C17H21NO2S/c19-9-2-1-3-14-8-10-21-16(14)17(20)18-11-15(12-4-5-12)13-6-7-13/h8,10,12-13,15,19H,2,4-7,9,11H2,(H,18,20). The van der Waals surface area contributed by atoms with E-state index >= 15 is 0 Å². The molecule has 0 unspecified atom stereocenters. The zero-order valence-corrected chi connectivity index (χ0v) is 12.9. The Morgan fingerprint density at radius 3 is 2.71 bits per heavy atom. The van der Waals surface area contributed by atoms with Gasteiger partial charge in [0, 0.05) is 18.5 Å². The Balaban J connectivity index is 1.58. The van der Waals surface area contributed by atoms with E-state index in [1.165, 1.54) is 37.0 Å². The Hall–Kier alpha value is -1.31. The van der Waals surface area contributed by atoms with Gasteiger partial charge in [0.05, 0.1) is 6.61 Å². The molecule has 3 nitrogen and oxygen atoms in total. The summed E-state index contributed by atoms with van der Waals surface area (Å²) in [5, 5.41) is 13.8. The van der Waals surface area contributed by atoms with Crippen LogP contribution in [0.15, 0.2) is 11.4 Å². The summed E-state index contributed by atoms with van der Waals surface area (Å²) in [4.78, 5) is 13.0. The SMILES string of the molecule is O=C(NCC(C1CC1)C1CC1)c1sccc1C#CCCO. The summed E-state index contributed by atoms with van der Waals surface area (Å²) in [6, 6.07) is 1.88. The molecule has 1 aromatic rings. The molecule has 2 fully saturated rings. The Labute approximate surface area is 129 Å². The zero-order valence-electron chi connectivity index (χ0n) is 12.1. The van der Waals surface area contributed by atoms with Crippen LogP contribution in [0.5, 0.6) is 0 Å². The van der Waals surface area contributed by atoms with Crippen LogP contribution in [0.25, 0.3) is 0 Å². The summed E-state index contributed by atoms with van der Waals surface area (Å²) in [5.74, 6) is 8.25. The second kappa shape index (κ2) is 6.64. The highest BCUT2D eigenvalue weighted by atomic mass is 32.1. The molecule has 4 heteroatoms. The lowest BCUT2D eigenvalue weighted by Crippen LogP contribution is -2.31. The van der Waals surface area contributed by atoms with E-state index in [4.69, 9.17) is 5.11 Å². The van der Waals surface area contributed by atoms with Crippen LogP contribution in [0, 0.1) is 29.6 Å². The summed E-state index contributed by atoms with van der Waals surface area (Å²) in [6.07, 6.45) is 5.81.